The van der Waals surface area contributed by atoms with Crippen LogP contribution in [0, 0.1) is 5.92 Å². The van der Waals surface area contributed by atoms with Crippen LogP contribution in [-0.2, 0) is 14.8 Å². The number of methoxy groups -OCH3 is 1. The molecule has 1 aliphatic heterocycles. The molecule has 0 spiro atoms. The Labute approximate surface area is 273 Å². The van der Waals surface area contributed by atoms with Crippen LogP contribution in [0.25, 0.3) is 0 Å². The number of benzene rings is 2. The van der Waals surface area contributed by atoms with E-state index in [1.807, 2.05) is 27.7 Å². The number of hydrogen-bond donors (Lipinski definition) is 3. The zero-order valence-electron chi connectivity index (χ0n) is 28.0. The van der Waals surface area contributed by atoms with Crippen molar-refractivity contribution >= 4 is 27.6 Å². The van der Waals surface area contributed by atoms with Gasteiger partial charge in [-0.25, -0.2) is 13.2 Å². The maximum Gasteiger partial charge on any atom is 0.319 e. The largest absolute Gasteiger partial charge is 0.497 e. The van der Waals surface area contributed by atoms with Gasteiger partial charge >= 0.3 is 6.03 Å². The normalized spacial score (nSPS) is 20.8. The molecule has 2 aromatic rings. The molecule has 0 bridgehead atoms. The second kappa shape index (κ2) is 17.0. The third kappa shape index (κ3) is 10.1. The Morgan fingerprint density at radius 2 is 1.83 bits per heavy atom. The van der Waals surface area contributed by atoms with Gasteiger partial charge in [0.05, 0.1) is 42.4 Å². The van der Waals surface area contributed by atoms with Crippen molar-refractivity contribution < 1.29 is 37.3 Å². The van der Waals surface area contributed by atoms with Crippen LogP contribution in [-0.4, -0.2) is 99.4 Å². The van der Waals surface area contributed by atoms with Gasteiger partial charge in [0.25, 0.3) is 5.91 Å². The zero-order chi connectivity index (χ0) is 34.0. The molecule has 256 valence electrons. The lowest BCUT2D eigenvalue weighted by molar-refractivity contribution is -0.00834. The number of carbonyl (C=O) groups is 2. The van der Waals surface area contributed by atoms with Crippen LogP contribution in [0.1, 0.15) is 64.2 Å². The Morgan fingerprint density at radius 1 is 1.13 bits per heavy atom. The average Bonchev–Trinajstić information content (AvgIpc) is 3.01. The number of hydrogen-bond acceptors (Lipinski definition) is 8. The molecule has 2 aromatic carbocycles. The van der Waals surface area contributed by atoms with Crippen LogP contribution in [0.4, 0.5) is 10.5 Å². The van der Waals surface area contributed by atoms with Crippen LogP contribution < -0.4 is 20.1 Å². The van der Waals surface area contributed by atoms with E-state index in [2.05, 4.69) is 10.6 Å². The molecule has 0 aromatic heterocycles. The van der Waals surface area contributed by atoms with Gasteiger partial charge in [0.2, 0.25) is 10.0 Å². The highest BCUT2D eigenvalue weighted by molar-refractivity contribution is 7.89. The van der Waals surface area contributed by atoms with Crippen LogP contribution >= 0.6 is 0 Å². The van der Waals surface area contributed by atoms with E-state index in [9.17, 15) is 23.1 Å². The Hall–Kier alpha value is -3.39. The van der Waals surface area contributed by atoms with Crippen molar-refractivity contribution in [2.75, 3.05) is 45.8 Å². The van der Waals surface area contributed by atoms with E-state index in [-0.39, 0.29) is 48.2 Å². The second-order valence-electron chi connectivity index (χ2n) is 12.2. The van der Waals surface area contributed by atoms with Crippen LogP contribution in [0.5, 0.6) is 11.5 Å². The highest BCUT2D eigenvalue weighted by Gasteiger charge is 2.32. The van der Waals surface area contributed by atoms with Crippen LogP contribution in [0.15, 0.2) is 47.4 Å². The number of sulfonamides is 1. The maximum atomic E-state index is 14.2. The monoisotopic (exact) mass is 662 g/mol. The summed E-state index contributed by atoms with van der Waals surface area (Å²) in [4.78, 5) is 28.4. The van der Waals surface area contributed by atoms with E-state index < -0.39 is 34.1 Å². The predicted molar refractivity (Wildman–Crippen MR) is 177 cm³/mol. The van der Waals surface area contributed by atoms with Gasteiger partial charge in [-0.15, -0.1) is 0 Å². The summed E-state index contributed by atoms with van der Waals surface area (Å²) in [7, 11) is -0.813. The van der Waals surface area contributed by atoms with E-state index in [1.54, 1.807) is 42.2 Å². The molecule has 46 heavy (non-hydrogen) atoms. The van der Waals surface area contributed by atoms with E-state index in [1.165, 1.54) is 30.6 Å². The summed E-state index contributed by atoms with van der Waals surface area (Å²) in [5.74, 6) is 0.218. The van der Waals surface area contributed by atoms with Gasteiger partial charge in [-0.05, 0) is 89.4 Å². The molecule has 13 heteroatoms. The molecule has 0 aliphatic carbocycles. The summed E-state index contributed by atoms with van der Waals surface area (Å²) >= 11 is 0. The number of likely N-dealkylation sites (N-methyl/N-ethyl adjacent to an activating group) is 1. The van der Waals surface area contributed by atoms with Crippen molar-refractivity contribution in [3.05, 3.63) is 48.0 Å². The van der Waals surface area contributed by atoms with E-state index in [0.29, 0.717) is 30.2 Å². The van der Waals surface area contributed by atoms with Crippen molar-refractivity contribution in [1.29, 1.82) is 0 Å². The first-order valence-electron chi connectivity index (χ1n) is 15.8. The molecule has 0 unspecified atom stereocenters. The third-order valence-corrected chi connectivity index (χ3v) is 9.77. The fraction of sp³-hybridized carbons (Fsp3) is 0.576. The Kier molecular flexibility index (Phi) is 13.7. The number of ether oxygens (including phenoxy) is 3. The van der Waals surface area contributed by atoms with Gasteiger partial charge in [-0.1, -0.05) is 6.92 Å². The summed E-state index contributed by atoms with van der Waals surface area (Å²) in [5, 5.41) is 15.7. The molecule has 1 heterocycles. The van der Waals surface area contributed by atoms with Crippen LogP contribution in [0.2, 0.25) is 0 Å². The minimum atomic E-state index is -3.84. The smallest absolute Gasteiger partial charge is 0.319 e. The van der Waals surface area contributed by atoms with Crippen molar-refractivity contribution in [2.45, 2.75) is 83.1 Å². The number of anilines is 1. The Morgan fingerprint density at radius 3 is 2.46 bits per heavy atom. The lowest BCUT2D eigenvalue weighted by atomic mass is 10.0. The molecule has 12 nitrogen and oxygen atoms in total. The van der Waals surface area contributed by atoms with Gasteiger partial charge < -0.3 is 34.9 Å². The van der Waals surface area contributed by atoms with Crippen molar-refractivity contribution in [3.63, 3.8) is 0 Å². The third-order valence-electron chi connectivity index (χ3n) is 7.93. The minimum Gasteiger partial charge on any atom is -0.497 e. The minimum absolute atomic E-state index is 0.0558. The zero-order valence-corrected chi connectivity index (χ0v) is 28.8. The summed E-state index contributed by atoms with van der Waals surface area (Å²) in [6.45, 7) is 9.61. The average molecular weight is 663 g/mol. The quantitative estimate of drug-likeness (QED) is 0.360. The van der Waals surface area contributed by atoms with E-state index >= 15 is 0 Å². The molecule has 0 saturated carbocycles. The standard InChI is InChI=1S/C33H50N4O8S/c1-22(2)34-33(40)35-26-11-16-30-29(18-26)32(39)37(24(4)21-38)19-23(3)31(44-17-9-8-10-25(5)45-30)20-36(6)46(41,42)28-14-12-27(43-7)13-15-28/h11-16,18,22-25,31,38H,8-10,17,19-21H2,1-7H3,(H2,34,35,40)/t23-,24-,25+,31-/m0/s1. The van der Waals surface area contributed by atoms with Crippen molar-refractivity contribution in [2.24, 2.45) is 5.92 Å². The fourth-order valence-electron chi connectivity index (χ4n) is 5.17. The molecular formula is C33H50N4O8S. The molecule has 0 fully saturated rings. The number of nitrogens with zero attached hydrogens (tertiary/aromatic N) is 2. The number of fused-ring (bicyclic) bond motifs is 1. The molecule has 3 amide bonds. The maximum absolute atomic E-state index is 14.2. The topological polar surface area (TPSA) is 147 Å². The fourth-order valence-corrected chi connectivity index (χ4v) is 6.35. The number of aliphatic hydroxyl groups excluding tert-OH is 1. The van der Waals surface area contributed by atoms with Gasteiger partial charge in [0.1, 0.15) is 11.5 Å². The first-order valence-corrected chi connectivity index (χ1v) is 17.2. The molecule has 0 radical (unpaired) electrons. The number of carbonyl (C=O) groups excluding carboxylic acids is 2. The van der Waals surface area contributed by atoms with E-state index in [4.69, 9.17) is 14.2 Å². The molecule has 1 aliphatic rings. The summed E-state index contributed by atoms with van der Waals surface area (Å²) in [5.41, 5.74) is 0.661. The predicted octanol–water partition coefficient (Wildman–Crippen LogP) is 4.34. The number of aliphatic hydroxyl groups is 1. The SMILES string of the molecule is COc1ccc(S(=O)(=O)N(C)C[C@@H]2OCCCC[C@@H](C)Oc3ccc(NC(=O)NC(C)C)cc3C(=O)N([C@@H](C)CO)C[C@@H]2C)cc1. The summed E-state index contributed by atoms with van der Waals surface area (Å²) in [6, 6.07) is 10.1. The Bertz CT molecular complexity index is 1400. The van der Waals surface area contributed by atoms with Gasteiger partial charge in [-0.2, -0.15) is 4.31 Å². The number of rotatable bonds is 9. The number of amides is 3. The highest BCUT2D eigenvalue weighted by atomic mass is 32.2. The van der Waals surface area contributed by atoms with Crippen molar-refractivity contribution in [1.82, 2.24) is 14.5 Å². The Balaban J connectivity index is 1.95. The van der Waals surface area contributed by atoms with E-state index in [0.717, 1.165) is 12.8 Å². The first-order chi connectivity index (χ1) is 21.8. The highest BCUT2D eigenvalue weighted by Crippen LogP contribution is 2.29. The number of nitrogens with one attached hydrogen (secondary N) is 2. The summed E-state index contributed by atoms with van der Waals surface area (Å²) < 4.78 is 45.9. The molecule has 3 rings (SSSR count). The second-order valence-corrected chi connectivity index (χ2v) is 14.3. The molecular weight excluding hydrogens is 612 g/mol. The van der Waals surface area contributed by atoms with Crippen molar-refractivity contribution in [3.8, 4) is 11.5 Å². The number of urea groups is 1. The molecule has 0 saturated heterocycles. The lowest BCUT2D eigenvalue weighted by Gasteiger charge is -2.35. The molecule has 3 N–H and O–H groups in total. The van der Waals surface area contributed by atoms with Gasteiger partial charge in [0.15, 0.2) is 0 Å². The lowest BCUT2D eigenvalue weighted by Crippen LogP contribution is -2.48. The van der Waals surface area contributed by atoms with Crippen LogP contribution in [0.3, 0.4) is 0 Å². The van der Waals surface area contributed by atoms with Gasteiger partial charge in [0, 0.05) is 44.4 Å². The van der Waals surface area contributed by atoms with Gasteiger partial charge in [-0.3, -0.25) is 4.79 Å². The first kappa shape index (κ1) is 37.1. The summed E-state index contributed by atoms with van der Waals surface area (Å²) in [6.07, 6.45) is 1.48. The molecule has 4 atom stereocenters.